The predicted molar refractivity (Wildman–Crippen MR) is 83.7 cm³/mol. The van der Waals surface area contributed by atoms with Crippen molar-refractivity contribution in [2.75, 3.05) is 13.6 Å². The lowest BCUT2D eigenvalue weighted by Gasteiger charge is -2.36. The summed E-state index contributed by atoms with van der Waals surface area (Å²) in [6.45, 7) is 3.24. The van der Waals surface area contributed by atoms with E-state index in [2.05, 4.69) is 17.1 Å². The SMILES string of the molecule is CCNC1CCC(N(C)C(=O)C2CCCCCC2)CC1. The number of amides is 1. The number of nitrogens with one attached hydrogen (secondary N) is 1. The van der Waals surface area contributed by atoms with Crippen LogP contribution in [0.5, 0.6) is 0 Å². The zero-order valence-corrected chi connectivity index (χ0v) is 13.4. The Morgan fingerprint density at radius 3 is 2.15 bits per heavy atom. The highest BCUT2D eigenvalue weighted by Gasteiger charge is 2.30. The van der Waals surface area contributed by atoms with Gasteiger partial charge in [-0.15, -0.1) is 0 Å². The summed E-state index contributed by atoms with van der Waals surface area (Å²) in [7, 11) is 2.05. The van der Waals surface area contributed by atoms with Gasteiger partial charge in [0.2, 0.25) is 5.91 Å². The standard InChI is InChI=1S/C17H32N2O/c1-3-18-15-10-12-16(13-11-15)19(2)17(20)14-8-6-4-5-7-9-14/h14-16,18H,3-13H2,1-2H3. The van der Waals surface area contributed by atoms with Gasteiger partial charge in [-0.3, -0.25) is 4.79 Å². The molecule has 2 rings (SSSR count). The lowest BCUT2D eigenvalue weighted by atomic mass is 9.89. The van der Waals surface area contributed by atoms with Crippen LogP contribution in [-0.4, -0.2) is 36.5 Å². The molecule has 0 heterocycles. The minimum Gasteiger partial charge on any atom is -0.343 e. The molecule has 2 fully saturated rings. The van der Waals surface area contributed by atoms with Crippen LogP contribution in [-0.2, 0) is 4.79 Å². The Hall–Kier alpha value is -0.570. The van der Waals surface area contributed by atoms with E-state index < -0.39 is 0 Å². The Bertz CT molecular complexity index is 289. The predicted octanol–water partition coefficient (Wildman–Crippen LogP) is 3.34. The Kier molecular flexibility index (Phi) is 6.34. The minimum absolute atomic E-state index is 0.314. The summed E-state index contributed by atoms with van der Waals surface area (Å²) in [6, 6.07) is 1.17. The van der Waals surface area contributed by atoms with Crippen LogP contribution in [0.25, 0.3) is 0 Å². The van der Waals surface area contributed by atoms with Crippen molar-refractivity contribution >= 4 is 5.91 Å². The topological polar surface area (TPSA) is 32.3 Å². The van der Waals surface area contributed by atoms with Crippen molar-refractivity contribution in [2.45, 2.75) is 83.2 Å². The number of rotatable bonds is 4. The van der Waals surface area contributed by atoms with Gasteiger partial charge >= 0.3 is 0 Å². The second kappa shape index (κ2) is 8.02. The molecule has 0 aromatic rings. The van der Waals surface area contributed by atoms with Gasteiger partial charge in [-0.1, -0.05) is 32.6 Å². The van der Waals surface area contributed by atoms with Crippen molar-refractivity contribution in [2.24, 2.45) is 5.92 Å². The van der Waals surface area contributed by atoms with E-state index in [1.807, 2.05) is 7.05 Å². The maximum absolute atomic E-state index is 12.7. The second-order valence-corrected chi connectivity index (χ2v) is 6.70. The summed E-state index contributed by atoms with van der Waals surface area (Å²) in [5.41, 5.74) is 0. The van der Waals surface area contributed by atoms with E-state index in [4.69, 9.17) is 0 Å². The summed E-state index contributed by atoms with van der Waals surface area (Å²) in [6.07, 6.45) is 12.2. The van der Waals surface area contributed by atoms with Gasteiger partial charge in [0.1, 0.15) is 0 Å². The highest BCUT2D eigenvalue weighted by molar-refractivity contribution is 5.78. The van der Waals surface area contributed by atoms with Gasteiger partial charge in [-0.25, -0.2) is 0 Å². The number of nitrogens with zero attached hydrogens (tertiary/aromatic N) is 1. The van der Waals surface area contributed by atoms with Gasteiger partial charge in [-0.2, -0.15) is 0 Å². The van der Waals surface area contributed by atoms with Crippen LogP contribution in [0.4, 0.5) is 0 Å². The summed E-state index contributed by atoms with van der Waals surface area (Å²) in [4.78, 5) is 14.8. The van der Waals surface area contributed by atoms with Crippen molar-refractivity contribution in [1.82, 2.24) is 10.2 Å². The molecule has 2 aliphatic rings. The third-order valence-electron chi connectivity index (χ3n) is 5.29. The molecule has 1 amide bonds. The van der Waals surface area contributed by atoms with E-state index in [-0.39, 0.29) is 0 Å². The van der Waals surface area contributed by atoms with Crippen LogP contribution in [0.3, 0.4) is 0 Å². The first-order valence-electron chi connectivity index (χ1n) is 8.72. The van der Waals surface area contributed by atoms with E-state index in [0.717, 1.165) is 19.4 Å². The second-order valence-electron chi connectivity index (χ2n) is 6.70. The fraction of sp³-hybridized carbons (Fsp3) is 0.941. The monoisotopic (exact) mass is 280 g/mol. The van der Waals surface area contributed by atoms with Crippen LogP contribution >= 0.6 is 0 Å². The largest absolute Gasteiger partial charge is 0.343 e. The molecule has 0 unspecified atom stereocenters. The van der Waals surface area contributed by atoms with Gasteiger partial charge in [0, 0.05) is 25.0 Å². The first kappa shape index (κ1) is 15.8. The van der Waals surface area contributed by atoms with E-state index in [1.54, 1.807) is 0 Å². The quantitative estimate of drug-likeness (QED) is 0.801. The molecule has 0 aliphatic heterocycles. The Morgan fingerprint density at radius 1 is 1.00 bits per heavy atom. The van der Waals surface area contributed by atoms with Crippen LogP contribution in [0, 0.1) is 5.92 Å². The lowest BCUT2D eigenvalue weighted by Crippen LogP contribution is -2.45. The maximum atomic E-state index is 12.7. The Balaban J connectivity index is 1.81. The van der Waals surface area contributed by atoms with Crippen LogP contribution in [0.15, 0.2) is 0 Å². The van der Waals surface area contributed by atoms with E-state index in [1.165, 1.54) is 51.4 Å². The lowest BCUT2D eigenvalue weighted by molar-refractivity contribution is -0.137. The average Bonchev–Trinajstić information content (AvgIpc) is 2.76. The van der Waals surface area contributed by atoms with E-state index in [0.29, 0.717) is 23.9 Å². The molecule has 116 valence electrons. The molecule has 0 radical (unpaired) electrons. The van der Waals surface area contributed by atoms with Crippen molar-refractivity contribution in [3.63, 3.8) is 0 Å². The van der Waals surface area contributed by atoms with Crippen molar-refractivity contribution in [3.8, 4) is 0 Å². The molecule has 3 heteroatoms. The molecule has 0 bridgehead atoms. The molecule has 0 spiro atoms. The van der Waals surface area contributed by atoms with Crippen LogP contribution in [0.1, 0.15) is 71.1 Å². The molecule has 2 aliphatic carbocycles. The fourth-order valence-corrected chi connectivity index (χ4v) is 3.95. The molecule has 0 aromatic carbocycles. The van der Waals surface area contributed by atoms with E-state index >= 15 is 0 Å². The van der Waals surface area contributed by atoms with Crippen molar-refractivity contribution < 1.29 is 4.79 Å². The van der Waals surface area contributed by atoms with Crippen LogP contribution < -0.4 is 5.32 Å². The van der Waals surface area contributed by atoms with Crippen LogP contribution in [0.2, 0.25) is 0 Å². The zero-order valence-electron chi connectivity index (χ0n) is 13.4. The number of hydrogen-bond acceptors (Lipinski definition) is 2. The molecule has 3 nitrogen and oxygen atoms in total. The number of carbonyl (C=O) groups is 1. The molecule has 0 saturated heterocycles. The molecule has 2 saturated carbocycles. The third kappa shape index (κ3) is 4.21. The number of hydrogen-bond donors (Lipinski definition) is 1. The summed E-state index contributed by atoms with van der Waals surface area (Å²) in [5, 5.41) is 3.54. The van der Waals surface area contributed by atoms with Gasteiger partial charge < -0.3 is 10.2 Å². The Morgan fingerprint density at radius 2 is 1.60 bits per heavy atom. The van der Waals surface area contributed by atoms with E-state index in [9.17, 15) is 4.79 Å². The summed E-state index contributed by atoms with van der Waals surface area (Å²) >= 11 is 0. The number of carbonyl (C=O) groups excluding carboxylic acids is 1. The maximum Gasteiger partial charge on any atom is 0.225 e. The molecule has 0 aromatic heterocycles. The molecule has 0 atom stereocenters. The molecular weight excluding hydrogens is 248 g/mol. The van der Waals surface area contributed by atoms with Gasteiger partial charge in [0.15, 0.2) is 0 Å². The van der Waals surface area contributed by atoms with Gasteiger partial charge in [-0.05, 0) is 45.1 Å². The zero-order chi connectivity index (χ0) is 14.4. The third-order valence-corrected chi connectivity index (χ3v) is 5.29. The van der Waals surface area contributed by atoms with Crippen molar-refractivity contribution in [1.29, 1.82) is 0 Å². The average molecular weight is 280 g/mol. The Labute approximate surface area is 124 Å². The minimum atomic E-state index is 0.314. The van der Waals surface area contributed by atoms with Gasteiger partial charge in [0.25, 0.3) is 0 Å². The highest BCUT2D eigenvalue weighted by atomic mass is 16.2. The molecular formula is C17H32N2O. The first-order valence-corrected chi connectivity index (χ1v) is 8.72. The summed E-state index contributed by atoms with van der Waals surface area (Å²) < 4.78 is 0. The smallest absolute Gasteiger partial charge is 0.225 e. The molecule has 1 N–H and O–H groups in total. The molecule has 20 heavy (non-hydrogen) atoms. The highest BCUT2D eigenvalue weighted by Crippen LogP contribution is 2.28. The van der Waals surface area contributed by atoms with Gasteiger partial charge in [0.05, 0.1) is 0 Å². The van der Waals surface area contributed by atoms with Crippen molar-refractivity contribution in [3.05, 3.63) is 0 Å². The first-order chi connectivity index (χ1) is 9.72. The fourth-order valence-electron chi connectivity index (χ4n) is 3.95. The normalized spacial score (nSPS) is 28.9. The summed E-state index contributed by atoms with van der Waals surface area (Å²) in [5.74, 6) is 0.743.